The molecule has 154 valence electrons. The van der Waals surface area contributed by atoms with Crippen LogP contribution in [0.25, 0.3) is 0 Å². The van der Waals surface area contributed by atoms with Gasteiger partial charge in [0.2, 0.25) is 20.0 Å². The molecule has 1 aliphatic rings. The number of hydrogen-bond acceptors (Lipinski definition) is 5. The van der Waals surface area contributed by atoms with Crippen molar-refractivity contribution in [1.82, 2.24) is 18.8 Å². The molecular formula is C16H20Cl2N4O4S2. The van der Waals surface area contributed by atoms with Crippen molar-refractivity contribution in [3.8, 4) is 0 Å². The van der Waals surface area contributed by atoms with Crippen LogP contribution in [0.1, 0.15) is 17.8 Å². The van der Waals surface area contributed by atoms with E-state index in [-0.39, 0.29) is 46.0 Å². The second-order valence-electron chi connectivity index (χ2n) is 6.50. The summed E-state index contributed by atoms with van der Waals surface area (Å²) in [4.78, 5) is 0.0567. The number of aromatic amines is 1. The highest BCUT2D eigenvalue weighted by atomic mass is 35.5. The van der Waals surface area contributed by atoms with E-state index in [1.165, 1.54) is 26.8 Å². The van der Waals surface area contributed by atoms with Gasteiger partial charge < -0.3 is 0 Å². The van der Waals surface area contributed by atoms with Crippen molar-refractivity contribution < 1.29 is 16.8 Å². The van der Waals surface area contributed by atoms with Crippen molar-refractivity contribution in [1.29, 1.82) is 0 Å². The third-order valence-corrected chi connectivity index (χ3v) is 9.36. The summed E-state index contributed by atoms with van der Waals surface area (Å²) in [6, 6.07) is 4.24. The van der Waals surface area contributed by atoms with E-state index in [0.717, 1.165) is 0 Å². The van der Waals surface area contributed by atoms with Gasteiger partial charge in [0.1, 0.15) is 9.79 Å². The largest absolute Gasteiger partial charge is 0.281 e. The van der Waals surface area contributed by atoms with E-state index < -0.39 is 20.0 Å². The van der Waals surface area contributed by atoms with Crippen LogP contribution in [0.2, 0.25) is 10.0 Å². The van der Waals surface area contributed by atoms with Crippen molar-refractivity contribution in [2.75, 3.05) is 26.2 Å². The molecule has 0 unspecified atom stereocenters. The lowest BCUT2D eigenvalue weighted by atomic mass is 10.4. The monoisotopic (exact) mass is 466 g/mol. The predicted molar refractivity (Wildman–Crippen MR) is 107 cm³/mol. The molecule has 1 saturated heterocycles. The topological polar surface area (TPSA) is 103 Å². The number of benzene rings is 1. The Kier molecular flexibility index (Phi) is 6.09. The first-order valence-corrected chi connectivity index (χ1v) is 12.2. The molecule has 1 N–H and O–H groups in total. The lowest BCUT2D eigenvalue weighted by Crippen LogP contribution is -2.37. The van der Waals surface area contributed by atoms with Gasteiger partial charge in [-0.1, -0.05) is 23.2 Å². The third-order valence-electron chi connectivity index (χ3n) is 4.58. The van der Waals surface area contributed by atoms with Crippen LogP contribution in [0.3, 0.4) is 0 Å². The SMILES string of the molecule is Cc1n[nH]c(C)c1S(=O)(=O)N1CCCN(S(=O)(=O)c2cc(Cl)ccc2Cl)CC1. The number of H-pyrrole nitrogens is 1. The molecule has 0 aliphatic carbocycles. The first kappa shape index (κ1) is 21.5. The maximum absolute atomic E-state index is 13.0. The summed E-state index contributed by atoms with van der Waals surface area (Å²) in [5.41, 5.74) is 0.842. The smallest absolute Gasteiger partial charge is 0.246 e. The molecule has 0 saturated carbocycles. The number of rotatable bonds is 4. The maximum Gasteiger partial charge on any atom is 0.246 e. The van der Waals surface area contributed by atoms with Crippen LogP contribution in [-0.4, -0.2) is 61.8 Å². The normalized spacial score (nSPS) is 17.6. The van der Waals surface area contributed by atoms with E-state index in [1.807, 2.05) is 0 Å². The summed E-state index contributed by atoms with van der Waals surface area (Å²) in [5.74, 6) is 0. The van der Waals surface area contributed by atoms with Gasteiger partial charge in [-0.15, -0.1) is 0 Å². The van der Waals surface area contributed by atoms with Gasteiger partial charge in [-0.25, -0.2) is 16.8 Å². The summed E-state index contributed by atoms with van der Waals surface area (Å²) < 4.78 is 54.6. The van der Waals surface area contributed by atoms with Crippen molar-refractivity contribution >= 4 is 43.2 Å². The number of sulfonamides is 2. The molecule has 1 aliphatic heterocycles. The Morgan fingerprint density at radius 2 is 1.57 bits per heavy atom. The summed E-state index contributed by atoms with van der Waals surface area (Å²) >= 11 is 12.0. The van der Waals surface area contributed by atoms with Crippen molar-refractivity contribution in [3.63, 3.8) is 0 Å². The summed E-state index contributed by atoms with van der Waals surface area (Å²) in [6.07, 6.45) is 0.354. The van der Waals surface area contributed by atoms with Crippen LogP contribution < -0.4 is 0 Å². The number of halogens is 2. The highest BCUT2D eigenvalue weighted by Gasteiger charge is 2.34. The molecule has 0 spiro atoms. The van der Waals surface area contributed by atoms with E-state index >= 15 is 0 Å². The molecule has 1 aromatic carbocycles. The minimum atomic E-state index is -3.90. The number of aryl methyl sites for hydroxylation is 2. The van der Waals surface area contributed by atoms with E-state index in [9.17, 15) is 16.8 Å². The molecule has 1 aromatic heterocycles. The Morgan fingerprint density at radius 1 is 0.964 bits per heavy atom. The molecule has 0 amide bonds. The van der Waals surface area contributed by atoms with E-state index in [4.69, 9.17) is 23.2 Å². The minimum absolute atomic E-state index is 0.0142. The average Bonchev–Trinajstić information content (AvgIpc) is 2.83. The number of aromatic nitrogens is 2. The molecule has 28 heavy (non-hydrogen) atoms. The second-order valence-corrected chi connectivity index (χ2v) is 11.1. The van der Waals surface area contributed by atoms with Gasteiger partial charge in [-0.2, -0.15) is 13.7 Å². The number of nitrogens with one attached hydrogen (secondary N) is 1. The van der Waals surface area contributed by atoms with Gasteiger partial charge in [0.05, 0.1) is 16.4 Å². The molecule has 12 heteroatoms. The van der Waals surface area contributed by atoms with Gasteiger partial charge in [-0.05, 0) is 38.5 Å². The molecule has 0 bridgehead atoms. The maximum atomic E-state index is 13.0. The van der Waals surface area contributed by atoms with Crippen molar-refractivity contribution in [2.45, 2.75) is 30.1 Å². The van der Waals surface area contributed by atoms with Crippen LogP contribution in [0.15, 0.2) is 28.0 Å². The summed E-state index contributed by atoms with van der Waals surface area (Å²) in [7, 11) is -7.68. The van der Waals surface area contributed by atoms with Crippen LogP contribution in [-0.2, 0) is 20.0 Å². The molecule has 2 aromatic rings. The van der Waals surface area contributed by atoms with Crippen molar-refractivity contribution in [3.05, 3.63) is 39.6 Å². The third kappa shape index (κ3) is 3.94. The number of hydrogen-bond donors (Lipinski definition) is 1. The van der Waals surface area contributed by atoms with Crippen LogP contribution in [0.5, 0.6) is 0 Å². The first-order chi connectivity index (χ1) is 13.0. The highest BCUT2D eigenvalue weighted by Crippen LogP contribution is 2.29. The summed E-state index contributed by atoms with van der Waals surface area (Å²) in [6.45, 7) is 3.70. The fourth-order valence-electron chi connectivity index (χ4n) is 3.21. The van der Waals surface area contributed by atoms with Gasteiger partial charge >= 0.3 is 0 Å². The van der Waals surface area contributed by atoms with Gasteiger partial charge in [-0.3, -0.25) is 5.10 Å². The molecular weight excluding hydrogens is 447 g/mol. The van der Waals surface area contributed by atoms with Crippen LogP contribution in [0, 0.1) is 13.8 Å². The fraction of sp³-hybridized carbons (Fsp3) is 0.438. The van der Waals surface area contributed by atoms with Gasteiger partial charge in [0.15, 0.2) is 0 Å². The zero-order valence-electron chi connectivity index (χ0n) is 15.3. The van der Waals surface area contributed by atoms with E-state index in [1.54, 1.807) is 13.8 Å². The molecule has 3 rings (SSSR count). The zero-order valence-corrected chi connectivity index (χ0v) is 18.5. The Morgan fingerprint density at radius 3 is 2.14 bits per heavy atom. The van der Waals surface area contributed by atoms with Crippen LogP contribution in [0.4, 0.5) is 0 Å². The lowest BCUT2D eigenvalue weighted by molar-refractivity contribution is 0.404. The molecule has 2 heterocycles. The molecule has 8 nitrogen and oxygen atoms in total. The molecule has 0 radical (unpaired) electrons. The zero-order chi connectivity index (χ0) is 20.7. The lowest BCUT2D eigenvalue weighted by Gasteiger charge is -2.22. The molecule has 0 atom stereocenters. The predicted octanol–water partition coefficient (Wildman–Crippen LogP) is 2.42. The highest BCUT2D eigenvalue weighted by molar-refractivity contribution is 7.89. The Balaban J connectivity index is 1.87. The minimum Gasteiger partial charge on any atom is -0.281 e. The van der Waals surface area contributed by atoms with E-state index in [2.05, 4.69) is 10.2 Å². The van der Waals surface area contributed by atoms with Gasteiger partial charge in [0, 0.05) is 31.2 Å². The number of nitrogens with zero attached hydrogens (tertiary/aromatic N) is 3. The Labute approximate surface area is 174 Å². The fourth-order valence-corrected chi connectivity index (χ4v) is 7.22. The van der Waals surface area contributed by atoms with Crippen molar-refractivity contribution in [2.24, 2.45) is 0 Å². The average molecular weight is 467 g/mol. The Hall–Kier alpha value is -1.17. The van der Waals surface area contributed by atoms with Crippen LogP contribution >= 0.6 is 23.2 Å². The summed E-state index contributed by atoms with van der Waals surface area (Å²) in [5, 5.41) is 6.95. The van der Waals surface area contributed by atoms with E-state index in [0.29, 0.717) is 17.8 Å². The molecule has 1 fully saturated rings. The standard InChI is InChI=1S/C16H20Cl2N4O4S2/c1-11-16(12(2)20-19-11)28(25,26)22-7-3-6-21(8-9-22)27(23,24)15-10-13(17)4-5-14(15)18/h4-5,10H,3,6-9H2,1-2H3,(H,19,20). The van der Waals surface area contributed by atoms with Gasteiger partial charge in [0.25, 0.3) is 0 Å². The quantitative estimate of drug-likeness (QED) is 0.744. The Bertz CT molecular complexity index is 1080. The second kappa shape index (κ2) is 7.92. The first-order valence-electron chi connectivity index (χ1n) is 8.52.